The van der Waals surface area contributed by atoms with Crippen LogP contribution in [-0.2, 0) is 4.79 Å². The molecule has 0 saturated heterocycles. The van der Waals surface area contributed by atoms with E-state index >= 15 is 0 Å². The first-order chi connectivity index (χ1) is 8.95. The summed E-state index contributed by atoms with van der Waals surface area (Å²) in [6.07, 6.45) is -4.98. The van der Waals surface area contributed by atoms with Gasteiger partial charge in [-0.25, -0.2) is 0 Å². The first-order valence-electron chi connectivity index (χ1n) is 5.94. The van der Waals surface area contributed by atoms with Crippen molar-refractivity contribution in [1.82, 2.24) is 0 Å². The van der Waals surface area contributed by atoms with Crippen molar-refractivity contribution in [2.45, 2.75) is 25.2 Å². The number of aliphatic hydroxyl groups excluding tert-OH is 4. The van der Waals surface area contributed by atoms with E-state index in [4.69, 9.17) is 10.2 Å². The molecule has 6 heteroatoms. The van der Waals surface area contributed by atoms with Crippen molar-refractivity contribution >= 4 is 11.5 Å². The van der Waals surface area contributed by atoms with E-state index in [1.165, 1.54) is 0 Å². The second kappa shape index (κ2) is 7.20. The number of hydrogen-bond donors (Lipinski definition) is 5. The van der Waals surface area contributed by atoms with Gasteiger partial charge in [0.1, 0.15) is 18.3 Å². The molecule has 0 spiro atoms. The Morgan fingerprint density at radius 1 is 1.21 bits per heavy atom. The van der Waals surface area contributed by atoms with Crippen molar-refractivity contribution in [3.05, 3.63) is 29.8 Å². The van der Waals surface area contributed by atoms with Crippen LogP contribution in [0.5, 0.6) is 0 Å². The Kier molecular flexibility index (Phi) is 5.91. The van der Waals surface area contributed by atoms with Crippen molar-refractivity contribution in [2.24, 2.45) is 0 Å². The highest BCUT2D eigenvalue weighted by molar-refractivity contribution is 5.87. The lowest BCUT2D eigenvalue weighted by Crippen LogP contribution is -2.45. The van der Waals surface area contributed by atoms with Gasteiger partial charge < -0.3 is 25.7 Å². The normalized spacial score (nSPS) is 15.6. The number of nitrogens with one attached hydrogen (secondary N) is 1. The predicted octanol–water partition coefficient (Wildman–Crippen LogP) is -0.949. The van der Waals surface area contributed by atoms with Gasteiger partial charge in [-0.05, 0) is 19.1 Å². The summed E-state index contributed by atoms with van der Waals surface area (Å²) in [4.78, 5) is 11.6. The van der Waals surface area contributed by atoms with Gasteiger partial charge in [0, 0.05) is 5.69 Å². The molecular weight excluding hydrogens is 250 g/mol. The fourth-order valence-electron chi connectivity index (χ4n) is 1.47. The van der Waals surface area contributed by atoms with Crippen LogP contribution in [0.3, 0.4) is 0 Å². The zero-order chi connectivity index (χ0) is 14.4. The monoisotopic (exact) mass is 269 g/mol. The third-order valence-electron chi connectivity index (χ3n) is 2.75. The lowest BCUT2D eigenvalue weighted by Gasteiger charge is -2.20. The van der Waals surface area contributed by atoms with E-state index in [1.54, 1.807) is 12.1 Å². The van der Waals surface area contributed by atoms with Crippen LogP contribution in [0.1, 0.15) is 5.56 Å². The Hall–Kier alpha value is -1.47. The molecule has 0 unspecified atom stereocenters. The largest absolute Gasteiger partial charge is 0.394 e. The van der Waals surface area contributed by atoms with Crippen LogP contribution in [0, 0.1) is 6.92 Å². The van der Waals surface area contributed by atoms with Gasteiger partial charge in [-0.3, -0.25) is 4.79 Å². The van der Waals surface area contributed by atoms with E-state index < -0.39 is 30.7 Å². The highest BCUT2D eigenvalue weighted by atomic mass is 16.4. The van der Waals surface area contributed by atoms with Crippen LogP contribution in [-0.4, -0.2) is 57.7 Å². The lowest BCUT2D eigenvalue weighted by molar-refractivity contribution is -0.138. The average Bonchev–Trinajstić information content (AvgIpc) is 2.43. The average molecular weight is 269 g/mol. The maximum absolute atomic E-state index is 11.6. The summed E-state index contributed by atoms with van der Waals surface area (Å²) in [5.41, 5.74) is 1.79. The minimum Gasteiger partial charge on any atom is -0.394 e. The summed E-state index contributed by atoms with van der Waals surface area (Å²) >= 11 is 0. The molecule has 0 saturated carbocycles. The predicted molar refractivity (Wildman–Crippen MR) is 69.8 cm³/mol. The molecule has 1 aromatic rings. The lowest BCUT2D eigenvalue weighted by atomic mass is 10.0. The summed E-state index contributed by atoms with van der Waals surface area (Å²) in [6, 6.07) is 7.31. The minimum absolute atomic E-state index is 0.181. The van der Waals surface area contributed by atoms with E-state index in [9.17, 15) is 15.0 Å². The van der Waals surface area contributed by atoms with Crippen LogP contribution in [0.2, 0.25) is 0 Å². The molecule has 0 heterocycles. The fourth-order valence-corrected chi connectivity index (χ4v) is 1.47. The van der Waals surface area contributed by atoms with Crippen LogP contribution >= 0.6 is 0 Å². The molecule has 5 N–H and O–H groups in total. The van der Waals surface area contributed by atoms with E-state index in [2.05, 4.69) is 5.32 Å². The number of aliphatic hydroxyl groups is 4. The zero-order valence-corrected chi connectivity index (χ0v) is 10.7. The molecule has 0 fully saturated rings. The quantitative estimate of drug-likeness (QED) is 0.436. The van der Waals surface area contributed by atoms with Crippen LogP contribution in [0.4, 0.5) is 5.69 Å². The van der Waals surface area contributed by atoms with Gasteiger partial charge in [-0.15, -0.1) is 0 Å². The second-order valence-corrected chi connectivity index (χ2v) is 4.37. The minimum atomic E-state index is -1.74. The van der Waals surface area contributed by atoms with Gasteiger partial charge in [0.25, 0.3) is 0 Å². The molecule has 0 aliphatic rings. The van der Waals surface area contributed by atoms with Crippen LogP contribution < -0.4 is 5.32 Å². The van der Waals surface area contributed by atoms with Gasteiger partial charge in [0.15, 0.2) is 5.78 Å². The Labute approximate surface area is 111 Å². The number of hydrogen-bond acceptors (Lipinski definition) is 6. The third-order valence-corrected chi connectivity index (χ3v) is 2.75. The zero-order valence-electron chi connectivity index (χ0n) is 10.7. The van der Waals surface area contributed by atoms with Crippen molar-refractivity contribution < 1.29 is 25.2 Å². The highest BCUT2D eigenvalue weighted by Gasteiger charge is 2.29. The molecule has 1 aromatic carbocycles. The van der Waals surface area contributed by atoms with E-state index in [-0.39, 0.29) is 6.54 Å². The molecule has 0 radical (unpaired) electrons. The van der Waals surface area contributed by atoms with Crippen molar-refractivity contribution in [2.75, 3.05) is 18.5 Å². The number of benzene rings is 1. The molecule has 6 nitrogen and oxygen atoms in total. The number of carbonyl (C=O) groups excluding carboxylic acids is 1. The number of carbonyl (C=O) groups is 1. The number of aryl methyl sites for hydroxylation is 1. The first kappa shape index (κ1) is 15.6. The second-order valence-electron chi connectivity index (χ2n) is 4.37. The number of rotatable bonds is 7. The molecule has 0 aliphatic heterocycles. The smallest absolute Gasteiger partial charge is 0.182 e. The van der Waals surface area contributed by atoms with Gasteiger partial charge in [-0.2, -0.15) is 0 Å². The fraction of sp³-hybridized carbons (Fsp3) is 0.462. The molecule has 106 valence electrons. The molecule has 3 atom stereocenters. The molecule has 19 heavy (non-hydrogen) atoms. The van der Waals surface area contributed by atoms with Crippen molar-refractivity contribution in [1.29, 1.82) is 0 Å². The van der Waals surface area contributed by atoms with Crippen LogP contribution in [0.25, 0.3) is 0 Å². The first-order valence-corrected chi connectivity index (χ1v) is 5.94. The Morgan fingerprint density at radius 3 is 2.32 bits per heavy atom. The maximum Gasteiger partial charge on any atom is 0.182 e. The van der Waals surface area contributed by atoms with Gasteiger partial charge >= 0.3 is 0 Å². The van der Waals surface area contributed by atoms with Gasteiger partial charge in [0.05, 0.1) is 13.2 Å². The summed E-state index contributed by atoms with van der Waals surface area (Å²) in [5.74, 6) is -0.666. The molecule has 0 amide bonds. The molecule has 0 bridgehead atoms. The number of anilines is 1. The molecule has 0 aliphatic carbocycles. The van der Waals surface area contributed by atoms with E-state index in [1.807, 2.05) is 19.1 Å². The van der Waals surface area contributed by atoms with Crippen molar-refractivity contribution in [3.8, 4) is 0 Å². The number of Topliss-reactive ketones (excluding diaryl/α,β-unsaturated/α-hetero) is 1. The highest BCUT2D eigenvalue weighted by Crippen LogP contribution is 2.09. The maximum atomic E-state index is 11.6. The molecule has 1 rings (SSSR count). The molecular formula is C13H19NO5. The Bertz CT molecular complexity index is 406. The van der Waals surface area contributed by atoms with E-state index in [0.717, 1.165) is 5.56 Å². The summed E-state index contributed by atoms with van der Waals surface area (Å²) in [7, 11) is 0. The number of ketones is 1. The SMILES string of the molecule is Cc1ccc(NCC(=O)[C@H](O)[C@@H](O)[C@H](O)CO)cc1. The third kappa shape index (κ3) is 4.60. The van der Waals surface area contributed by atoms with Crippen molar-refractivity contribution in [3.63, 3.8) is 0 Å². The summed E-state index contributed by atoms with van der Waals surface area (Å²) in [5, 5.41) is 39.4. The van der Waals surface area contributed by atoms with E-state index in [0.29, 0.717) is 5.69 Å². The van der Waals surface area contributed by atoms with Gasteiger partial charge in [0.2, 0.25) is 0 Å². The standard InChI is InChI=1S/C13H19NO5/c1-8-2-4-9(5-3-8)14-6-10(16)12(18)13(19)11(17)7-15/h2-5,11-15,17-19H,6-7H2,1H3/t11-,12+,13+/m1/s1. The van der Waals surface area contributed by atoms with Crippen LogP contribution in [0.15, 0.2) is 24.3 Å². The Balaban J connectivity index is 2.48. The Morgan fingerprint density at radius 2 is 1.79 bits per heavy atom. The summed E-state index contributed by atoms with van der Waals surface area (Å²) in [6.45, 7) is 1.03. The molecule has 0 aromatic heterocycles. The topological polar surface area (TPSA) is 110 Å². The van der Waals surface area contributed by atoms with Gasteiger partial charge in [-0.1, -0.05) is 17.7 Å². The summed E-state index contributed by atoms with van der Waals surface area (Å²) < 4.78 is 0.